The summed E-state index contributed by atoms with van der Waals surface area (Å²) >= 11 is 0. The average Bonchev–Trinajstić information content (AvgIpc) is 2.80. The Morgan fingerprint density at radius 1 is 0.905 bits per heavy atom. The van der Waals surface area contributed by atoms with Crippen molar-refractivity contribution in [2.75, 3.05) is 0 Å². The van der Waals surface area contributed by atoms with Gasteiger partial charge in [-0.25, -0.2) is 0 Å². The molecule has 3 rings (SSSR count). The average molecular weight is 281 g/mol. The van der Waals surface area contributed by atoms with Gasteiger partial charge in [0.1, 0.15) is 11.5 Å². The summed E-state index contributed by atoms with van der Waals surface area (Å²) in [5.74, 6) is 0.559. The molecule has 0 spiro atoms. The number of aromatic hydroxyl groups is 2. The summed E-state index contributed by atoms with van der Waals surface area (Å²) in [7, 11) is 0. The van der Waals surface area contributed by atoms with Gasteiger partial charge < -0.3 is 14.8 Å². The first-order valence-electron chi connectivity index (χ1n) is 7.29. The smallest absolute Gasteiger partial charge is 0.117 e. The van der Waals surface area contributed by atoms with Gasteiger partial charge in [-0.2, -0.15) is 0 Å². The third-order valence-electron chi connectivity index (χ3n) is 3.96. The number of hydrogen-bond acceptors (Lipinski definition) is 2. The molecule has 0 aliphatic rings. The van der Waals surface area contributed by atoms with Gasteiger partial charge in [-0.15, -0.1) is 0 Å². The Bertz CT molecular complexity index is 785. The van der Waals surface area contributed by atoms with E-state index in [0.29, 0.717) is 0 Å². The highest BCUT2D eigenvalue weighted by atomic mass is 16.3. The standard InChI is InChI=1S/C18H19NO2/c1-3-15-16-10-9-14(21)11-17(16)19(4-2)18(15)12-5-7-13(20)8-6-12/h5-11,20-21H,3-4H2,1-2H3. The van der Waals surface area contributed by atoms with E-state index in [1.807, 2.05) is 24.3 Å². The molecule has 0 amide bonds. The zero-order valence-corrected chi connectivity index (χ0v) is 12.3. The molecule has 3 aromatic rings. The van der Waals surface area contributed by atoms with Crippen LogP contribution in [-0.2, 0) is 13.0 Å². The molecule has 0 bridgehead atoms. The third kappa shape index (κ3) is 2.15. The summed E-state index contributed by atoms with van der Waals surface area (Å²) < 4.78 is 2.22. The van der Waals surface area contributed by atoms with Crippen molar-refractivity contribution < 1.29 is 10.2 Å². The van der Waals surface area contributed by atoms with Crippen molar-refractivity contribution in [3.63, 3.8) is 0 Å². The second-order valence-electron chi connectivity index (χ2n) is 5.17. The highest BCUT2D eigenvalue weighted by Crippen LogP contribution is 2.36. The van der Waals surface area contributed by atoms with Crippen molar-refractivity contribution in [1.29, 1.82) is 0 Å². The molecule has 21 heavy (non-hydrogen) atoms. The lowest BCUT2D eigenvalue weighted by Crippen LogP contribution is -1.98. The van der Waals surface area contributed by atoms with Gasteiger partial charge in [0.05, 0.1) is 11.2 Å². The molecular formula is C18H19NO2. The Balaban J connectivity index is 2.37. The van der Waals surface area contributed by atoms with Crippen LogP contribution in [0, 0.1) is 0 Å². The van der Waals surface area contributed by atoms with E-state index in [1.54, 1.807) is 18.2 Å². The fourth-order valence-corrected chi connectivity index (χ4v) is 3.05. The van der Waals surface area contributed by atoms with E-state index in [-0.39, 0.29) is 11.5 Å². The highest BCUT2D eigenvalue weighted by Gasteiger charge is 2.16. The van der Waals surface area contributed by atoms with Crippen LogP contribution in [-0.4, -0.2) is 14.8 Å². The fraction of sp³-hybridized carbons (Fsp3) is 0.222. The number of aryl methyl sites for hydroxylation is 2. The predicted molar refractivity (Wildman–Crippen MR) is 85.8 cm³/mol. The molecule has 0 atom stereocenters. The number of fused-ring (bicyclic) bond motifs is 1. The molecule has 0 unspecified atom stereocenters. The van der Waals surface area contributed by atoms with Gasteiger partial charge in [0, 0.05) is 18.0 Å². The van der Waals surface area contributed by atoms with E-state index >= 15 is 0 Å². The number of nitrogens with zero attached hydrogens (tertiary/aromatic N) is 1. The second-order valence-corrected chi connectivity index (χ2v) is 5.17. The first kappa shape index (κ1) is 13.6. The molecular weight excluding hydrogens is 262 g/mol. The lowest BCUT2D eigenvalue weighted by Gasteiger charge is -2.10. The van der Waals surface area contributed by atoms with Crippen LogP contribution < -0.4 is 0 Å². The summed E-state index contributed by atoms with van der Waals surface area (Å²) in [6, 6.07) is 12.8. The van der Waals surface area contributed by atoms with Crippen LogP contribution in [0.2, 0.25) is 0 Å². The zero-order chi connectivity index (χ0) is 15.0. The molecule has 0 saturated carbocycles. The van der Waals surface area contributed by atoms with Crippen molar-refractivity contribution >= 4 is 10.9 Å². The summed E-state index contributed by atoms with van der Waals surface area (Å²) in [6.07, 6.45) is 0.921. The number of aromatic nitrogens is 1. The molecule has 2 N–H and O–H groups in total. The quantitative estimate of drug-likeness (QED) is 0.751. The zero-order valence-electron chi connectivity index (χ0n) is 12.3. The van der Waals surface area contributed by atoms with E-state index in [0.717, 1.165) is 24.0 Å². The minimum Gasteiger partial charge on any atom is -0.508 e. The Labute approximate surface area is 124 Å². The third-order valence-corrected chi connectivity index (χ3v) is 3.96. The largest absolute Gasteiger partial charge is 0.508 e. The minimum absolute atomic E-state index is 0.272. The molecule has 0 radical (unpaired) electrons. The van der Waals surface area contributed by atoms with E-state index in [9.17, 15) is 10.2 Å². The summed E-state index contributed by atoms with van der Waals surface area (Å²) in [4.78, 5) is 0. The van der Waals surface area contributed by atoms with Crippen LogP contribution in [0.25, 0.3) is 22.2 Å². The lowest BCUT2D eigenvalue weighted by molar-refractivity contribution is 0.475. The van der Waals surface area contributed by atoms with Crippen molar-refractivity contribution in [3.8, 4) is 22.8 Å². The van der Waals surface area contributed by atoms with Crippen molar-refractivity contribution in [1.82, 2.24) is 4.57 Å². The normalized spacial score (nSPS) is 11.1. The number of rotatable bonds is 3. The first-order chi connectivity index (χ1) is 10.2. The molecule has 0 aliphatic heterocycles. The molecule has 2 aromatic carbocycles. The van der Waals surface area contributed by atoms with E-state index < -0.39 is 0 Å². The van der Waals surface area contributed by atoms with E-state index in [2.05, 4.69) is 18.4 Å². The van der Waals surface area contributed by atoms with Gasteiger partial charge in [-0.3, -0.25) is 0 Å². The Morgan fingerprint density at radius 3 is 2.19 bits per heavy atom. The summed E-state index contributed by atoms with van der Waals surface area (Å²) in [5, 5.41) is 20.5. The van der Waals surface area contributed by atoms with Gasteiger partial charge >= 0.3 is 0 Å². The van der Waals surface area contributed by atoms with E-state index in [4.69, 9.17) is 0 Å². The maximum absolute atomic E-state index is 9.78. The lowest BCUT2D eigenvalue weighted by atomic mass is 10.0. The van der Waals surface area contributed by atoms with Crippen LogP contribution >= 0.6 is 0 Å². The van der Waals surface area contributed by atoms with Crippen molar-refractivity contribution in [2.24, 2.45) is 0 Å². The molecule has 1 aromatic heterocycles. The molecule has 1 heterocycles. The maximum atomic E-state index is 9.78. The van der Waals surface area contributed by atoms with Crippen LogP contribution in [0.5, 0.6) is 11.5 Å². The second kappa shape index (κ2) is 5.17. The predicted octanol–water partition coefficient (Wildman–Crippen LogP) is 4.30. The molecule has 3 nitrogen and oxygen atoms in total. The summed E-state index contributed by atoms with van der Waals surface area (Å²) in [6.45, 7) is 5.08. The van der Waals surface area contributed by atoms with Gasteiger partial charge in [0.2, 0.25) is 0 Å². The topological polar surface area (TPSA) is 45.4 Å². The fourth-order valence-electron chi connectivity index (χ4n) is 3.05. The van der Waals surface area contributed by atoms with Gasteiger partial charge in [0.15, 0.2) is 0 Å². The van der Waals surface area contributed by atoms with Crippen molar-refractivity contribution in [3.05, 3.63) is 48.0 Å². The molecule has 0 fully saturated rings. The van der Waals surface area contributed by atoms with Crippen LogP contribution in [0.3, 0.4) is 0 Å². The Hall–Kier alpha value is -2.42. The number of benzene rings is 2. The number of phenols is 2. The highest BCUT2D eigenvalue weighted by molar-refractivity contribution is 5.92. The van der Waals surface area contributed by atoms with Crippen molar-refractivity contribution in [2.45, 2.75) is 26.8 Å². The SMILES string of the molecule is CCc1c(-c2ccc(O)cc2)n(CC)c2cc(O)ccc12. The molecule has 0 aliphatic carbocycles. The Morgan fingerprint density at radius 2 is 1.57 bits per heavy atom. The van der Waals surface area contributed by atoms with Crippen LogP contribution in [0.15, 0.2) is 42.5 Å². The first-order valence-corrected chi connectivity index (χ1v) is 7.29. The monoisotopic (exact) mass is 281 g/mol. The minimum atomic E-state index is 0.272. The molecule has 3 heteroatoms. The van der Waals surface area contributed by atoms with Gasteiger partial charge in [-0.1, -0.05) is 6.92 Å². The van der Waals surface area contributed by atoms with Gasteiger partial charge in [-0.05, 0) is 60.9 Å². The van der Waals surface area contributed by atoms with Crippen LogP contribution in [0.4, 0.5) is 0 Å². The van der Waals surface area contributed by atoms with E-state index in [1.165, 1.54) is 16.6 Å². The molecule has 108 valence electrons. The molecule has 0 saturated heterocycles. The van der Waals surface area contributed by atoms with Gasteiger partial charge in [0.25, 0.3) is 0 Å². The van der Waals surface area contributed by atoms with Crippen LogP contribution in [0.1, 0.15) is 19.4 Å². The summed E-state index contributed by atoms with van der Waals surface area (Å²) in [5.41, 5.74) is 4.58. The number of hydrogen-bond donors (Lipinski definition) is 2. The number of phenolic OH excluding ortho intramolecular Hbond substituents is 2. The maximum Gasteiger partial charge on any atom is 0.117 e. The Kier molecular flexibility index (Phi) is 3.34.